The van der Waals surface area contributed by atoms with Crippen molar-refractivity contribution in [3.05, 3.63) is 88.5 Å². The first-order valence-electron chi connectivity index (χ1n) is 8.80. The molecular weight excluding hydrogens is 508 g/mol. The minimum atomic E-state index is 0. The monoisotopic (exact) mass is 536 g/mol. The zero-order chi connectivity index (χ0) is 25.9. The van der Waals surface area contributed by atoms with Crippen LogP contribution in [0.2, 0.25) is 0 Å². The van der Waals surface area contributed by atoms with E-state index >= 15 is 0 Å². The van der Waals surface area contributed by atoms with E-state index in [2.05, 4.69) is 116 Å². The van der Waals surface area contributed by atoms with Gasteiger partial charge in [0, 0.05) is 51.9 Å². The maximum absolute atomic E-state index is 7.50. The molecule has 0 aliphatic heterocycles. The van der Waals surface area contributed by atoms with Crippen molar-refractivity contribution < 1.29 is 67.0 Å². The van der Waals surface area contributed by atoms with Crippen molar-refractivity contribution in [3.63, 3.8) is 0 Å². The van der Waals surface area contributed by atoms with Crippen LogP contribution >= 0.6 is 0 Å². The van der Waals surface area contributed by atoms with E-state index < -0.39 is 0 Å². The third kappa shape index (κ3) is 16.6. The molecule has 0 bridgehead atoms. The number of rotatable bonds is 4. The molecular formula is C24H28Mn2NO6+. The molecule has 0 saturated heterocycles. The van der Waals surface area contributed by atoms with Crippen molar-refractivity contribution in [2.45, 2.75) is 32.2 Å². The quantitative estimate of drug-likeness (QED) is 0.323. The summed E-state index contributed by atoms with van der Waals surface area (Å²) in [4.78, 5) is 1.58. The Morgan fingerprint density at radius 1 is 0.636 bits per heavy atom. The van der Waals surface area contributed by atoms with Crippen LogP contribution in [0.15, 0.2) is 48.6 Å². The van der Waals surface area contributed by atoms with Crippen LogP contribution in [0.25, 0.3) is 0 Å². The molecule has 0 aromatic heterocycles. The average Bonchev–Trinajstić information content (AvgIpc) is 2.88. The summed E-state index contributed by atoms with van der Waals surface area (Å²) in [7, 11) is 4.66. The second kappa shape index (κ2) is 37.7. The molecule has 2 rings (SSSR count). The van der Waals surface area contributed by atoms with E-state index in [1.54, 1.807) is 4.90 Å². The van der Waals surface area contributed by atoms with E-state index in [-0.39, 0.29) is 39.7 Å². The van der Waals surface area contributed by atoms with Gasteiger partial charge in [0.25, 0.3) is 0 Å². The van der Waals surface area contributed by atoms with Gasteiger partial charge < -0.3 is 4.90 Å². The molecule has 0 saturated carbocycles. The van der Waals surface area contributed by atoms with Gasteiger partial charge in [0.05, 0.1) is 14.1 Å². The molecule has 178 valence electrons. The van der Waals surface area contributed by atoms with E-state index in [1.165, 1.54) is 12.8 Å². The van der Waals surface area contributed by atoms with Crippen LogP contribution in [0.3, 0.4) is 0 Å². The van der Waals surface area contributed by atoms with E-state index in [0.717, 1.165) is 0 Å². The largest absolute Gasteiger partial charge is 0 e. The summed E-state index contributed by atoms with van der Waals surface area (Å²) >= 11 is 0. The number of nitrogens with one attached hydrogen (secondary N) is 1. The van der Waals surface area contributed by atoms with E-state index in [4.69, 9.17) is 27.9 Å². The van der Waals surface area contributed by atoms with Gasteiger partial charge in [-0.3, -0.25) is 0 Å². The Morgan fingerprint density at radius 2 is 0.909 bits per heavy atom. The Labute approximate surface area is 219 Å². The first-order chi connectivity index (χ1) is 15.1. The molecule has 0 amide bonds. The summed E-state index contributed by atoms with van der Waals surface area (Å²) in [5, 5.41) is 0. The van der Waals surface area contributed by atoms with Gasteiger partial charge in [-0.2, -0.15) is 0 Å². The predicted octanol–water partition coefficient (Wildman–Crippen LogP) is 2.56. The molecule has 2 radical (unpaired) electrons. The minimum Gasteiger partial charge on any atom is 0 e. The molecule has 0 aromatic carbocycles. The first-order valence-corrected chi connectivity index (χ1v) is 8.80. The minimum absolute atomic E-state index is 0. The topological polar surface area (TPSA) is 124 Å². The molecule has 0 aromatic rings. The summed E-state index contributed by atoms with van der Waals surface area (Å²) in [5.41, 5.74) is 0.280. The smallest absolute Gasteiger partial charge is 0 e. The average molecular weight is 536 g/mol. The van der Waals surface area contributed by atoms with Gasteiger partial charge in [-0.15, -0.1) is 0 Å². The van der Waals surface area contributed by atoms with E-state index in [1.807, 2.05) is 0 Å². The van der Waals surface area contributed by atoms with Gasteiger partial charge in [-0.25, -0.2) is 0 Å². The summed E-state index contributed by atoms with van der Waals surface area (Å²) in [6, 6.07) is 0. The molecule has 0 spiro atoms. The maximum atomic E-state index is 7.50. The zero-order valence-corrected chi connectivity index (χ0v) is 21.3. The third-order valence-corrected chi connectivity index (χ3v) is 5.01. The second-order valence-corrected chi connectivity index (χ2v) is 6.40. The van der Waals surface area contributed by atoms with Gasteiger partial charge >= 0.3 is 67.8 Å². The molecule has 2 aliphatic rings. The van der Waals surface area contributed by atoms with Crippen LogP contribution in [0.4, 0.5) is 0 Å². The van der Waals surface area contributed by atoms with Gasteiger partial charge in [-0.1, -0.05) is 62.5 Å². The van der Waals surface area contributed by atoms with Crippen LogP contribution in [0.1, 0.15) is 26.7 Å². The normalized spacial score (nSPS) is 17.2. The fourth-order valence-electron chi connectivity index (χ4n) is 4.32. The fourth-order valence-corrected chi connectivity index (χ4v) is 4.32. The summed E-state index contributed by atoms with van der Waals surface area (Å²) < 4.78 is 45.0. The number of allylic oxidation sites excluding steroid dienone is 6. The Bertz CT molecular complexity index is 581. The molecule has 2 unspecified atom stereocenters. The number of hydrogen-bond donors (Lipinski definition) is 1. The molecule has 0 fully saturated rings. The molecule has 1 N–H and O–H groups in total. The van der Waals surface area contributed by atoms with Crippen LogP contribution < -0.4 is 4.90 Å². The first kappa shape index (κ1) is 48.7. The van der Waals surface area contributed by atoms with Crippen LogP contribution in [-0.2, 0) is 62.1 Å². The van der Waals surface area contributed by atoms with Crippen molar-refractivity contribution in [3.8, 4) is 0 Å². The standard InChI is InChI=1S/C18H27N.6CO.2Mn/c1-15(2)18(19(3)4,16-11-7-5-8-12-16)17-13-9-6-10-14-17;6*1-2;;/h5-11,13,15-17H,12,14H2,1-4H3;;;;;;;;/p+1. The van der Waals surface area contributed by atoms with Gasteiger partial charge in [0.1, 0.15) is 5.54 Å². The predicted molar refractivity (Wildman–Crippen MR) is 107 cm³/mol. The maximum Gasteiger partial charge on any atom is 0 e. The summed E-state index contributed by atoms with van der Waals surface area (Å²) in [5.74, 6) is 1.91. The zero-order valence-electron chi connectivity index (χ0n) is 19.0. The van der Waals surface area contributed by atoms with E-state index in [0.29, 0.717) is 17.8 Å². The van der Waals surface area contributed by atoms with Crippen molar-refractivity contribution in [1.29, 1.82) is 0 Å². The molecule has 0 heterocycles. The SMILES string of the molecule is CC(C)C(C1C=CC=CC1)(C1C=CC=CC1)[NH+](C)C.[C-]#[O+].[C-]#[O+].[C-]#[O+].[C-]#[O+].[C-]#[O+].[C-]#[O+].[Mn].[Mn]. The number of hydrogen-bond acceptors (Lipinski definition) is 0. The molecule has 7 nitrogen and oxygen atoms in total. The Hall–Kier alpha value is -1.60. The van der Waals surface area contributed by atoms with E-state index in [9.17, 15) is 0 Å². The Balaban J connectivity index is -0.0000000844. The molecule has 33 heavy (non-hydrogen) atoms. The van der Waals surface area contributed by atoms with Crippen molar-refractivity contribution >= 4 is 0 Å². The van der Waals surface area contributed by atoms with Crippen molar-refractivity contribution in [2.24, 2.45) is 17.8 Å². The third-order valence-electron chi connectivity index (χ3n) is 5.01. The van der Waals surface area contributed by atoms with Crippen LogP contribution in [-0.4, -0.2) is 19.6 Å². The molecule has 2 atom stereocenters. The Morgan fingerprint density at radius 3 is 1.06 bits per heavy atom. The van der Waals surface area contributed by atoms with Gasteiger partial charge in [-0.05, 0) is 12.8 Å². The van der Waals surface area contributed by atoms with Crippen LogP contribution in [0.5, 0.6) is 0 Å². The van der Waals surface area contributed by atoms with Gasteiger partial charge in [0.15, 0.2) is 0 Å². The van der Waals surface area contributed by atoms with Gasteiger partial charge in [0.2, 0.25) is 0 Å². The summed E-state index contributed by atoms with van der Waals surface area (Å²) in [6.07, 6.45) is 20.7. The summed E-state index contributed by atoms with van der Waals surface area (Å²) in [6.45, 7) is 31.8. The molecule has 9 heteroatoms. The number of quaternary nitrogens is 1. The fraction of sp³-hybridized carbons (Fsp3) is 0.417. The van der Waals surface area contributed by atoms with Crippen molar-refractivity contribution in [2.75, 3.05) is 14.1 Å². The Kier molecular flexibility index (Phi) is 55.7. The molecule has 2 aliphatic carbocycles. The van der Waals surface area contributed by atoms with Crippen LogP contribution in [0, 0.1) is 57.7 Å². The second-order valence-electron chi connectivity index (χ2n) is 6.40. The van der Waals surface area contributed by atoms with Crippen molar-refractivity contribution in [1.82, 2.24) is 0 Å².